The fourth-order valence-electron chi connectivity index (χ4n) is 3.32. The Bertz CT molecular complexity index is 1340. The lowest BCUT2D eigenvalue weighted by Crippen LogP contribution is -2.12. The van der Waals surface area contributed by atoms with Gasteiger partial charge in [-0.25, -0.2) is 9.97 Å². The lowest BCUT2D eigenvalue weighted by molar-refractivity contribution is -0.116. The zero-order chi connectivity index (χ0) is 21.2. The second-order valence-corrected chi connectivity index (χ2v) is 6.95. The van der Waals surface area contributed by atoms with Crippen molar-refractivity contribution in [3.63, 3.8) is 0 Å². The fourth-order valence-corrected chi connectivity index (χ4v) is 3.32. The first-order valence-corrected chi connectivity index (χ1v) is 9.67. The summed E-state index contributed by atoms with van der Waals surface area (Å²) in [6.45, 7) is 0. The van der Waals surface area contributed by atoms with Crippen LogP contribution in [0.5, 0.6) is 0 Å². The number of rotatable bonds is 6. The van der Waals surface area contributed by atoms with Crippen molar-refractivity contribution in [2.75, 3.05) is 5.32 Å². The molecule has 0 aliphatic heterocycles. The van der Waals surface area contributed by atoms with Gasteiger partial charge in [0.15, 0.2) is 5.82 Å². The Labute approximate surface area is 176 Å². The van der Waals surface area contributed by atoms with Gasteiger partial charge in [-0.2, -0.15) is 10.1 Å². The minimum absolute atomic E-state index is 0.144. The molecule has 10 heteroatoms. The molecule has 0 saturated heterocycles. The van der Waals surface area contributed by atoms with Gasteiger partial charge in [-0.1, -0.05) is 17.3 Å². The maximum Gasteiger partial charge on any atom is 0.239 e. The van der Waals surface area contributed by atoms with Crippen molar-refractivity contribution in [2.24, 2.45) is 7.05 Å². The molecule has 0 radical (unpaired) electrons. The van der Waals surface area contributed by atoms with Crippen LogP contribution < -0.4 is 5.32 Å². The van der Waals surface area contributed by atoms with E-state index in [0.29, 0.717) is 29.6 Å². The van der Waals surface area contributed by atoms with Gasteiger partial charge in [-0.3, -0.25) is 9.89 Å². The van der Waals surface area contributed by atoms with E-state index >= 15 is 0 Å². The van der Waals surface area contributed by atoms with E-state index in [1.54, 1.807) is 0 Å². The Morgan fingerprint density at radius 2 is 1.97 bits per heavy atom. The molecule has 3 heterocycles. The van der Waals surface area contributed by atoms with E-state index < -0.39 is 0 Å². The Morgan fingerprint density at radius 1 is 1.13 bits per heavy atom. The van der Waals surface area contributed by atoms with Crippen molar-refractivity contribution in [1.29, 1.82) is 0 Å². The summed E-state index contributed by atoms with van der Waals surface area (Å²) >= 11 is 0. The van der Waals surface area contributed by atoms with Crippen molar-refractivity contribution in [3.05, 3.63) is 60.7 Å². The number of anilines is 1. The van der Waals surface area contributed by atoms with Gasteiger partial charge in [0, 0.05) is 31.1 Å². The van der Waals surface area contributed by atoms with E-state index in [2.05, 4.69) is 35.2 Å². The first-order chi connectivity index (χ1) is 15.2. The molecule has 0 atom stereocenters. The number of imidazole rings is 1. The number of hydrogen-bond acceptors (Lipinski definition) is 7. The standard InChI is InChI=1S/C21H18N8O2/c1-29-16-5-3-2-4-15(16)25-21(29)13-6-8-14(9-7-13)24-17(30)10-11-18-26-20(28-31-18)19-22-12-23-27-19/h2-9,12H,10-11H2,1H3,(H,24,30)(H,22,23,27). The molecule has 154 valence electrons. The lowest BCUT2D eigenvalue weighted by Gasteiger charge is -2.06. The van der Waals surface area contributed by atoms with Crippen LogP contribution in [0.2, 0.25) is 0 Å². The number of fused-ring (bicyclic) bond motifs is 1. The number of aromatic nitrogens is 7. The van der Waals surface area contributed by atoms with Crippen LogP contribution in [-0.2, 0) is 18.3 Å². The largest absolute Gasteiger partial charge is 0.339 e. The first-order valence-electron chi connectivity index (χ1n) is 9.67. The normalized spacial score (nSPS) is 11.1. The highest BCUT2D eigenvalue weighted by molar-refractivity contribution is 5.91. The third kappa shape index (κ3) is 3.78. The predicted octanol–water partition coefficient (Wildman–Crippen LogP) is 2.98. The smallest absolute Gasteiger partial charge is 0.239 e. The number of para-hydroxylation sites is 2. The number of nitrogens with zero attached hydrogens (tertiary/aromatic N) is 6. The third-order valence-electron chi connectivity index (χ3n) is 4.87. The maximum absolute atomic E-state index is 12.3. The van der Waals surface area contributed by atoms with Gasteiger partial charge in [0.1, 0.15) is 12.2 Å². The van der Waals surface area contributed by atoms with E-state index in [9.17, 15) is 4.79 Å². The molecule has 0 aliphatic rings. The summed E-state index contributed by atoms with van der Waals surface area (Å²) < 4.78 is 7.21. The van der Waals surface area contributed by atoms with Crippen LogP contribution in [0.15, 0.2) is 59.4 Å². The Morgan fingerprint density at radius 3 is 2.74 bits per heavy atom. The first kappa shape index (κ1) is 18.7. The number of carbonyl (C=O) groups excluding carboxylic acids is 1. The number of aryl methyl sites for hydroxylation is 2. The molecule has 5 rings (SSSR count). The molecule has 0 fully saturated rings. The van der Waals surface area contributed by atoms with Gasteiger partial charge >= 0.3 is 0 Å². The lowest BCUT2D eigenvalue weighted by atomic mass is 10.2. The van der Waals surface area contributed by atoms with Gasteiger partial charge in [-0.05, 0) is 36.4 Å². The molecule has 0 bridgehead atoms. The molecule has 0 saturated carbocycles. The Hall–Kier alpha value is -4.34. The summed E-state index contributed by atoms with van der Waals surface area (Å²) in [5, 5.41) is 13.1. The Kier molecular flexibility index (Phi) is 4.71. The van der Waals surface area contributed by atoms with Crippen LogP contribution in [0.3, 0.4) is 0 Å². The molecule has 2 aromatic carbocycles. The minimum Gasteiger partial charge on any atom is -0.339 e. The van der Waals surface area contributed by atoms with Crippen molar-refractivity contribution in [1.82, 2.24) is 34.9 Å². The highest BCUT2D eigenvalue weighted by atomic mass is 16.5. The molecule has 31 heavy (non-hydrogen) atoms. The maximum atomic E-state index is 12.3. The summed E-state index contributed by atoms with van der Waals surface area (Å²) in [6, 6.07) is 15.6. The number of carbonyl (C=O) groups is 1. The van der Waals surface area contributed by atoms with Crippen molar-refractivity contribution < 1.29 is 9.32 Å². The number of amides is 1. The fraction of sp³-hybridized carbons (Fsp3) is 0.143. The summed E-state index contributed by atoms with van der Waals surface area (Å²) in [5.74, 6) is 1.82. The molecule has 1 amide bonds. The molecule has 0 aliphatic carbocycles. The third-order valence-corrected chi connectivity index (χ3v) is 4.87. The summed E-state index contributed by atoms with van der Waals surface area (Å²) in [7, 11) is 1.99. The number of benzene rings is 2. The summed E-state index contributed by atoms with van der Waals surface area (Å²) in [4.78, 5) is 25.2. The number of hydrogen-bond donors (Lipinski definition) is 2. The quantitative estimate of drug-likeness (QED) is 0.437. The van der Waals surface area contributed by atoms with E-state index in [-0.39, 0.29) is 12.3 Å². The Balaban J connectivity index is 1.21. The zero-order valence-electron chi connectivity index (χ0n) is 16.6. The van der Waals surface area contributed by atoms with Gasteiger partial charge in [0.2, 0.25) is 17.6 Å². The monoisotopic (exact) mass is 414 g/mol. The van der Waals surface area contributed by atoms with Crippen molar-refractivity contribution >= 4 is 22.6 Å². The van der Waals surface area contributed by atoms with Crippen LogP contribution in [0.4, 0.5) is 5.69 Å². The van der Waals surface area contributed by atoms with Crippen LogP contribution in [-0.4, -0.2) is 40.8 Å². The van der Waals surface area contributed by atoms with Crippen LogP contribution >= 0.6 is 0 Å². The van der Waals surface area contributed by atoms with E-state index in [4.69, 9.17) is 9.51 Å². The zero-order valence-corrected chi connectivity index (χ0v) is 16.6. The van der Waals surface area contributed by atoms with Gasteiger partial charge in [-0.15, -0.1) is 0 Å². The van der Waals surface area contributed by atoms with Crippen LogP contribution in [0.25, 0.3) is 34.1 Å². The molecule has 5 aromatic rings. The van der Waals surface area contributed by atoms with Crippen molar-refractivity contribution in [2.45, 2.75) is 12.8 Å². The predicted molar refractivity (Wildman–Crippen MR) is 113 cm³/mol. The second kappa shape index (κ2) is 7.82. The highest BCUT2D eigenvalue weighted by Gasteiger charge is 2.13. The SMILES string of the molecule is Cn1c(-c2ccc(NC(=O)CCc3nc(-c4ncn[nH]4)no3)cc2)nc2ccccc21. The van der Waals surface area contributed by atoms with Gasteiger partial charge in [0.25, 0.3) is 0 Å². The molecular formula is C21H18N8O2. The summed E-state index contributed by atoms with van der Waals surface area (Å²) in [6.07, 6.45) is 1.90. The molecular weight excluding hydrogens is 396 g/mol. The molecule has 2 N–H and O–H groups in total. The molecule has 0 spiro atoms. The van der Waals surface area contributed by atoms with Gasteiger partial charge < -0.3 is 14.4 Å². The highest BCUT2D eigenvalue weighted by Crippen LogP contribution is 2.24. The number of aromatic amines is 1. The topological polar surface area (TPSA) is 127 Å². The summed E-state index contributed by atoms with van der Waals surface area (Å²) in [5.41, 5.74) is 3.70. The number of nitrogens with one attached hydrogen (secondary N) is 2. The van der Waals surface area contributed by atoms with E-state index in [0.717, 1.165) is 22.4 Å². The van der Waals surface area contributed by atoms with E-state index in [1.807, 2.05) is 55.6 Å². The van der Waals surface area contributed by atoms with Crippen LogP contribution in [0, 0.1) is 0 Å². The molecule has 10 nitrogen and oxygen atoms in total. The van der Waals surface area contributed by atoms with Crippen molar-refractivity contribution in [3.8, 4) is 23.0 Å². The number of H-pyrrole nitrogens is 1. The average Bonchev–Trinajstić information content (AvgIpc) is 3.54. The molecule has 0 unspecified atom stereocenters. The average molecular weight is 414 g/mol. The van der Waals surface area contributed by atoms with Crippen LogP contribution in [0.1, 0.15) is 12.3 Å². The second-order valence-electron chi connectivity index (χ2n) is 6.95. The van der Waals surface area contributed by atoms with Gasteiger partial charge in [0.05, 0.1) is 11.0 Å². The van der Waals surface area contributed by atoms with E-state index in [1.165, 1.54) is 6.33 Å². The minimum atomic E-state index is -0.144. The molecule has 3 aromatic heterocycles.